The van der Waals surface area contributed by atoms with Crippen LogP contribution in [0.4, 0.5) is 5.95 Å². The molecule has 2 aromatic rings. The summed E-state index contributed by atoms with van der Waals surface area (Å²) in [6.45, 7) is 9.14. The summed E-state index contributed by atoms with van der Waals surface area (Å²) in [5.74, 6) is 1.13. The number of hydrogen-bond acceptors (Lipinski definition) is 3. The normalized spacial score (nSPS) is 10.8. The molecule has 0 bridgehead atoms. The van der Waals surface area contributed by atoms with Crippen LogP contribution in [0, 0.1) is 13.8 Å². The minimum absolute atomic E-state index is 0.418. The first-order valence-electron chi connectivity index (χ1n) is 6.69. The highest BCUT2D eigenvalue weighted by Crippen LogP contribution is 2.15. The highest BCUT2D eigenvalue weighted by atomic mass is 15.1. The Morgan fingerprint density at radius 1 is 1.05 bits per heavy atom. The van der Waals surface area contributed by atoms with Crippen molar-refractivity contribution in [3.05, 3.63) is 52.8 Å². The Labute approximate surface area is 115 Å². The van der Waals surface area contributed by atoms with Gasteiger partial charge in [-0.05, 0) is 31.4 Å². The Hall–Kier alpha value is -1.90. The molecule has 19 heavy (non-hydrogen) atoms. The second kappa shape index (κ2) is 5.83. The summed E-state index contributed by atoms with van der Waals surface area (Å²) in [5.41, 5.74) is 4.60. The van der Waals surface area contributed by atoms with Crippen molar-refractivity contribution >= 4 is 5.95 Å². The number of aryl methyl sites for hydroxylation is 2. The summed E-state index contributed by atoms with van der Waals surface area (Å²) in [6.07, 6.45) is 0. The maximum atomic E-state index is 4.54. The fourth-order valence-electron chi connectivity index (χ4n) is 1.85. The Morgan fingerprint density at radius 2 is 1.74 bits per heavy atom. The van der Waals surface area contributed by atoms with Crippen LogP contribution in [0.2, 0.25) is 0 Å². The van der Waals surface area contributed by atoms with Gasteiger partial charge in [0.05, 0.1) is 0 Å². The maximum absolute atomic E-state index is 4.54. The lowest BCUT2D eigenvalue weighted by molar-refractivity contribution is 0.808. The van der Waals surface area contributed by atoms with Crippen molar-refractivity contribution in [3.8, 4) is 0 Å². The van der Waals surface area contributed by atoms with Gasteiger partial charge in [0.15, 0.2) is 0 Å². The minimum Gasteiger partial charge on any atom is -0.350 e. The molecule has 3 nitrogen and oxygen atoms in total. The van der Waals surface area contributed by atoms with Gasteiger partial charge in [0.1, 0.15) is 0 Å². The molecule has 0 amide bonds. The average Bonchev–Trinajstić information content (AvgIpc) is 2.37. The van der Waals surface area contributed by atoms with Gasteiger partial charge in [0.25, 0.3) is 0 Å². The number of nitrogens with one attached hydrogen (secondary N) is 1. The van der Waals surface area contributed by atoms with Crippen molar-refractivity contribution in [2.45, 2.75) is 40.2 Å². The monoisotopic (exact) mass is 255 g/mol. The van der Waals surface area contributed by atoms with Crippen LogP contribution in [0.15, 0.2) is 30.3 Å². The third-order valence-electron chi connectivity index (χ3n) is 3.04. The lowest BCUT2D eigenvalue weighted by Crippen LogP contribution is -2.07. The lowest BCUT2D eigenvalue weighted by atomic mass is 10.1. The zero-order valence-corrected chi connectivity index (χ0v) is 12.1. The molecule has 0 unspecified atom stereocenters. The largest absolute Gasteiger partial charge is 0.350 e. The van der Waals surface area contributed by atoms with Crippen LogP contribution in [-0.4, -0.2) is 9.97 Å². The molecule has 0 aliphatic carbocycles. The number of hydrogen-bond donors (Lipinski definition) is 1. The topological polar surface area (TPSA) is 37.8 Å². The molecule has 1 aromatic carbocycles. The van der Waals surface area contributed by atoms with E-state index in [1.807, 2.05) is 13.0 Å². The van der Waals surface area contributed by atoms with Gasteiger partial charge in [-0.15, -0.1) is 0 Å². The minimum atomic E-state index is 0.418. The van der Waals surface area contributed by atoms with E-state index < -0.39 is 0 Å². The van der Waals surface area contributed by atoms with Crippen LogP contribution in [0.1, 0.15) is 42.3 Å². The van der Waals surface area contributed by atoms with Crippen molar-refractivity contribution in [3.63, 3.8) is 0 Å². The highest BCUT2D eigenvalue weighted by molar-refractivity contribution is 5.31. The van der Waals surface area contributed by atoms with Crippen molar-refractivity contribution < 1.29 is 0 Å². The van der Waals surface area contributed by atoms with E-state index in [2.05, 4.69) is 60.3 Å². The van der Waals surface area contributed by atoms with Gasteiger partial charge >= 0.3 is 0 Å². The Bertz CT molecular complexity index is 544. The molecule has 0 saturated heterocycles. The molecule has 0 aliphatic heterocycles. The lowest BCUT2D eigenvalue weighted by Gasteiger charge is -2.10. The molecule has 0 fully saturated rings. The second-order valence-corrected chi connectivity index (χ2v) is 5.25. The molecule has 0 radical (unpaired) electrons. The van der Waals surface area contributed by atoms with Crippen molar-refractivity contribution in [2.75, 3.05) is 5.32 Å². The van der Waals surface area contributed by atoms with E-state index in [9.17, 15) is 0 Å². The standard InChI is InChI=1S/C16H21N3/c1-11(2)15-9-13(4)18-16(19-15)17-10-14-7-5-12(3)6-8-14/h5-9,11H,10H2,1-4H3,(H,17,18,19). The van der Waals surface area contributed by atoms with Crippen molar-refractivity contribution in [1.82, 2.24) is 9.97 Å². The summed E-state index contributed by atoms with van der Waals surface area (Å²) >= 11 is 0. The predicted octanol–water partition coefficient (Wildman–Crippen LogP) is 3.83. The van der Waals surface area contributed by atoms with Gasteiger partial charge in [-0.1, -0.05) is 43.7 Å². The summed E-state index contributed by atoms with van der Waals surface area (Å²) in [4.78, 5) is 8.97. The van der Waals surface area contributed by atoms with Crippen LogP contribution < -0.4 is 5.32 Å². The molecule has 1 aromatic heterocycles. The van der Waals surface area contributed by atoms with Crippen molar-refractivity contribution in [1.29, 1.82) is 0 Å². The summed E-state index contributed by atoms with van der Waals surface area (Å²) in [5, 5.41) is 3.29. The highest BCUT2D eigenvalue weighted by Gasteiger charge is 2.05. The van der Waals surface area contributed by atoms with Crippen LogP contribution in [0.3, 0.4) is 0 Å². The number of nitrogens with zero attached hydrogens (tertiary/aromatic N) is 2. The van der Waals surface area contributed by atoms with Crippen LogP contribution in [0.25, 0.3) is 0 Å². The molecular formula is C16H21N3. The third kappa shape index (κ3) is 3.78. The molecule has 0 aliphatic rings. The van der Waals surface area contributed by atoms with E-state index >= 15 is 0 Å². The van der Waals surface area contributed by atoms with E-state index in [-0.39, 0.29) is 0 Å². The first kappa shape index (κ1) is 13.5. The number of anilines is 1. The van der Waals surface area contributed by atoms with Gasteiger partial charge in [-0.3, -0.25) is 0 Å². The SMILES string of the molecule is Cc1ccc(CNc2nc(C)cc(C(C)C)n2)cc1. The van der Waals surface area contributed by atoms with Gasteiger partial charge < -0.3 is 5.32 Å². The van der Waals surface area contributed by atoms with E-state index in [0.717, 1.165) is 17.9 Å². The first-order valence-corrected chi connectivity index (χ1v) is 6.69. The molecule has 1 heterocycles. The van der Waals surface area contributed by atoms with Gasteiger partial charge in [0, 0.05) is 17.9 Å². The van der Waals surface area contributed by atoms with E-state index in [4.69, 9.17) is 0 Å². The summed E-state index contributed by atoms with van der Waals surface area (Å²) in [6, 6.07) is 10.5. The van der Waals surface area contributed by atoms with Crippen LogP contribution >= 0.6 is 0 Å². The van der Waals surface area contributed by atoms with Crippen LogP contribution in [0.5, 0.6) is 0 Å². The maximum Gasteiger partial charge on any atom is 0.223 e. The summed E-state index contributed by atoms with van der Waals surface area (Å²) in [7, 11) is 0. The zero-order chi connectivity index (χ0) is 13.8. The van der Waals surface area contributed by atoms with E-state index in [1.165, 1.54) is 11.1 Å². The first-order chi connectivity index (χ1) is 9.04. The second-order valence-electron chi connectivity index (χ2n) is 5.25. The molecule has 0 saturated carbocycles. The number of benzene rings is 1. The van der Waals surface area contributed by atoms with Crippen molar-refractivity contribution in [2.24, 2.45) is 0 Å². The number of aromatic nitrogens is 2. The number of rotatable bonds is 4. The molecule has 0 spiro atoms. The Kier molecular flexibility index (Phi) is 4.15. The predicted molar refractivity (Wildman–Crippen MR) is 79.4 cm³/mol. The van der Waals surface area contributed by atoms with E-state index in [0.29, 0.717) is 11.9 Å². The average molecular weight is 255 g/mol. The van der Waals surface area contributed by atoms with Crippen LogP contribution in [-0.2, 0) is 6.54 Å². The van der Waals surface area contributed by atoms with E-state index in [1.54, 1.807) is 0 Å². The fourth-order valence-corrected chi connectivity index (χ4v) is 1.85. The van der Waals surface area contributed by atoms with Gasteiger partial charge in [-0.25, -0.2) is 9.97 Å². The summed E-state index contributed by atoms with van der Waals surface area (Å²) < 4.78 is 0. The molecular weight excluding hydrogens is 234 g/mol. The molecule has 3 heteroatoms. The molecule has 1 N–H and O–H groups in total. The zero-order valence-electron chi connectivity index (χ0n) is 12.1. The molecule has 0 atom stereocenters. The van der Waals surface area contributed by atoms with Gasteiger partial charge in [-0.2, -0.15) is 0 Å². The van der Waals surface area contributed by atoms with Gasteiger partial charge in [0.2, 0.25) is 5.95 Å². The Balaban J connectivity index is 2.08. The third-order valence-corrected chi connectivity index (χ3v) is 3.04. The fraction of sp³-hybridized carbons (Fsp3) is 0.375. The quantitative estimate of drug-likeness (QED) is 0.902. The molecule has 100 valence electrons. The Morgan fingerprint density at radius 3 is 2.37 bits per heavy atom. The smallest absolute Gasteiger partial charge is 0.223 e. The molecule has 2 rings (SSSR count).